The van der Waals surface area contributed by atoms with Crippen molar-refractivity contribution >= 4 is 0 Å². The zero-order valence-electron chi connectivity index (χ0n) is 17.3. The standard InChI is InChI=1S/C19H22N2O2.2C2H6/c1-3-8-18-16(6-1)12-20(14-22-18)10-5-11-21-13-17-7-2-4-9-19(17)23-15-21;2*1-2/h1-4,6-9H,5,10-15H2;2*1-2H3. The fourth-order valence-electron chi connectivity index (χ4n) is 3.25. The van der Waals surface area contributed by atoms with E-state index in [0.717, 1.165) is 44.1 Å². The lowest BCUT2D eigenvalue weighted by Crippen LogP contribution is -2.36. The molecule has 0 unspecified atom stereocenters. The van der Waals surface area contributed by atoms with E-state index in [4.69, 9.17) is 9.47 Å². The highest BCUT2D eigenvalue weighted by Crippen LogP contribution is 2.25. The molecule has 0 saturated carbocycles. The van der Waals surface area contributed by atoms with Crippen LogP contribution in [0.3, 0.4) is 0 Å². The number of hydrogen-bond donors (Lipinski definition) is 0. The summed E-state index contributed by atoms with van der Waals surface area (Å²) in [5.41, 5.74) is 2.57. The van der Waals surface area contributed by atoms with Crippen LogP contribution in [0.5, 0.6) is 11.5 Å². The van der Waals surface area contributed by atoms with Gasteiger partial charge in [-0.3, -0.25) is 9.80 Å². The predicted molar refractivity (Wildman–Crippen MR) is 112 cm³/mol. The van der Waals surface area contributed by atoms with Crippen molar-refractivity contribution in [2.45, 2.75) is 47.2 Å². The van der Waals surface area contributed by atoms with E-state index in [1.54, 1.807) is 0 Å². The first-order valence-corrected chi connectivity index (χ1v) is 10.2. The highest BCUT2D eigenvalue weighted by atomic mass is 16.5. The second-order valence-corrected chi connectivity index (χ2v) is 6.22. The molecule has 0 aromatic heterocycles. The predicted octanol–water partition coefficient (Wildman–Crippen LogP) is 5.13. The van der Waals surface area contributed by atoms with Crippen molar-refractivity contribution in [3.63, 3.8) is 0 Å². The summed E-state index contributed by atoms with van der Waals surface area (Å²) in [5.74, 6) is 2.06. The number of para-hydroxylation sites is 2. The molecule has 4 nitrogen and oxygen atoms in total. The minimum absolute atomic E-state index is 0.691. The summed E-state index contributed by atoms with van der Waals surface area (Å²) in [6.07, 6.45) is 1.12. The maximum absolute atomic E-state index is 5.81. The quantitative estimate of drug-likeness (QED) is 0.744. The van der Waals surface area contributed by atoms with Crippen molar-refractivity contribution in [1.82, 2.24) is 9.80 Å². The monoisotopic (exact) mass is 370 g/mol. The van der Waals surface area contributed by atoms with Crippen LogP contribution in [0, 0.1) is 0 Å². The molecule has 148 valence electrons. The van der Waals surface area contributed by atoms with Crippen LogP contribution in [0.4, 0.5) is 0 Å². The number of ether oxygens (including phenoxy) is 2. The van der Waals surface area contributed by atoms with E-state index in [0.29, 0.717) is 13.5 Å². The zero-order chi connectivity index (χ0) is 19.5. The van der Waals surface area contributed by atoms with Gasteiger partial charge in [-0.1, -0.05) is 64.1 Å². The summed E-state index contributed by atoms with van der Waals surface area (Å²) in [4.78, 5) is 4.72. The molecule has 0 fully saturated rings. The summed E-state index contributed by atoms with van der Waals surface area (Å²) >= 11 is 0. The Morgan fingerprint density at radius 3 is 1.52 bits per heavy atom. The Morgan fingerprint density at radius 1 is 0.667 bits per heavy atom. The van der Waals surface area contributed by atoms with Gasteiger partial charge in [-0.2, -0.15) is 0 Å². The molecule has 27 heavy (non-hydrogen) atoms. The number of fused-ring (bicyclic) bond motifs is 2. The fraction of sp³-hybridized carbons (Fsp3) is 0.478. The Kier molecular flexibility index (Phi) is 9.16. The van der Waals surface area contributed by atoms with Crippen LogP contribution in [0.1, 0.15) is 45.2 Å². The Balaban J connectivity index is 0.000000614. The molecule has 2 heterocycles. The van der Waals surface area contributed by atoms with Gasteiger partial charge in [0.2, 0.25) is 0 Å². The van der Waals surface area contributed by atoms with Crippen LogP contribution in [0.2, 0.25) is 0 Å². The van der Waals surface area contributed by atoms with Gasteiger partial charge in [-0.15, -0.1) is 0 Å². The summed E-state index contributed by atoms with van der Waals surface area (Å²) in [6.45, 7) is 13.4. The van der Waals surface area contributed by atoms with Crippen molar-refractivity contribution in [2.75, 3.05) is 26.6 Å². The molecule has 0 atom stereocenters. The maximum Gasteiger partial charge on any atom is 0.142 e. The lowest BCUT2D eigenvalue weighted by molar-refractivity contribution is 0.0706. The van der Waals surface area contributed by atoms with Gasteiger partial charge in [0.25, 0.3) is 0 Å². The number of rotatable bonds is 4. The van der Waals surface area contributed by atoms with Gasteiger partial charge >= 0.3 is 0 Å². The molecule has 4 heteroatoms. The highest BCUT2D eigenvalue weighted by Gasteiger charge is 2.18. The summed E-state index contributed by atoms with van der Waals surface area (Å²) < 4.78 is 11.6. The maximum atomic E-state index is 5.81. The van der Waals surface area contributed by atoms with Gasteiger partial charge in [0.05, 0.1) is 0 Å². The van der Waals surface area contributed by atoms with E-state index in [1.807, 2.05) is 39.8 Å². The highest BCUT2D eigenvalue weighted by molar-refractivity contribution is 5.35. The molecule has 0 N–H and O–H groups in total. The van der Waals surface area contributed by atoms with E-state index in [1.165, 1.54) is 11.1 Å². The van der Waals surface area contributed by atoms with Gasteiger partial charge in [0, 0.05) is 37.3 Å². The lowest BCUT2D eigenvalue weighted by atomic mass is 10.1. The van der Waals surface area contributed by atoms with Crippen molar-refractivity contribution in [2.24, 2.45) is 0 Å². The van der Waals surface area contributed by atoms with E-state index >= 15 is 0 Å². The summed E-state index contributed by atoms with van der Waals surface area (Å²) in [6, 6.07) is 16.6. The molecule has 2 aliphatic heterocycles. The molecule has 2 aromatic carbocycles. The van der Waals surface area contributed by atoms with Crippen molar-refractivity contribution in [1.29, 1.82) is 0 Å². The SMILES string of the molecule is CC.CC.c1ccc2c(c1)CN(CCCN1COc3ccccc3C1)CO2. The topological polar surface area (TPSA) is 24.9 Å². The molecular formula is C23H34N2O2. The van der Waals surface area contributed by atoms with Crippen LogP contribution in [0.25, 0.3) is 0 Å². The molecule has 0 amide bonds. The first-order chi connectivity index (χ1) is 13.4. The van der Waals surface area contributed by atoms with E-state index in [-0.39, 0.29) is 0 Å². The van der Waals surface area contributed by atoms with Gasteiger partial charge in [-0.25, -0.2) is 0 Å². The average molecular weight is 371 g/mol. The second-order valence-electron chi connectivity index (χ2n) is 6.22. The average Bonchev–Trinajstić information content (AvgIpc) is 2.76. The van der Waals surface area contributed by atoms with E-state index < -0.39 is 0 Å². The molecule has 0 aliphatic carbocycles. The molecule has 4 rings (SSSR count). The van der Waals surface area contributed by atoms with E-state index in [9.17, 15) is 0 Å². The molecule has 2 aromatic rings. The van der Waals surface area contributed by atoms with Crippen LogP contribution in [0.15, 0.2) is 48.5 Å². The third-order valence-corrected chi connectivity index (χ3v) is 4.49. The van der Waals surface area contributed by atoms with Crippen LogP contribution in [-0.4, -0.2) is 36.4 Å². The minimum Gasteiger partial charge on any atom is -0.478 e. The second kappa shape index (κ2) is 11.6. The van der Waals surface area contributed by atoms with Gasteiger partial charge in [-0.05, 0) is 18.6 Å². The Morgan fingerprint density at radius 2 is 1.07 bits per heavy atom. The molecule has 2 aliphatic rings. The third kappa shape index (κ3) is 5.98. The van der Waals surface area contributed by atoms with Gasteiger partial charge in [0.1, 0.15) is 25.0 Å². The fourth-order valence-corrected chi connectivity index (χ4v) is 3.25. The van der Waals surface area contributed by atoms with Crippen LogP contribution < -0.4 is 9.47 Å². The number of hydrogen-bond acceptors (Lipinski definition) is 4. The molecule has 0 bridgehead atoms. The normalized spacial score (nSPS) is 15.6. The largest absolute Gasteiger partial charge is 0.478 e. The molecule has 0 saturated heterocycles. The van der Waals surface area contributed by atoms with Crippen molar-refractivity contribution in [3.8, 4) is 11.5 Å². The first kappa shape index (κ1) is 21.3. The first-order valence-electron chi connectivity index (χ1n) is 10.2. The number of nitrogens with zero attached hydrogens (tertiary/aromatic N) is 2. The molecular weight excluding hydrogens is 336 g/mol. The number of benzene rings is 2. The van der Waals surface area contributed by atoms with Crippen LogP contribution in [-0.2, 0) is 13.1 Å². The zero-order valence-corrected chi connectivity index (χ0v) is 17.3. The smallest absolute Gasteiger partial charge is 0.142 e. The van der Waals surface area contributed by atoms with Crippen molar-refractivity contribution < 1.29 is 9.47 Å². The Bertz CT molecular complexity index is 617. The third-order valence-electron chi connectivity index (χ3n) is 4.49. The summed E-state index contributed by atoms with van der Waals surface area (Å²) in [7, 11) is 0. The van der Waals surface area contributed by atoms with Crippen molar-refractivity contribution in [3.05, 3.63) is 59.7 Å². The Labute approximate surface area is 164 Å². The van der Waals surface area contributed by atoms with Gasteiger partial charge < -0.3 is 9.47 Å². The molecule has 0 spiro atoms. The summed E-state index contributed by atoms with van der Waals surface area (Å²) in [5, 5.41) is 0. The van der Waals surface area contributed by atoms with Gasteiger partial charge in [0.15, 0.2) is 0 Å². The minimum atomic E-state index is 0.691. The van der Waals surface area contributed by atoms with Crippen LogP contribution >= 0.6 is 0 Å². The Hall–Kier alpha value is -2.04. The lowest BCUT2D eigenvalue weighted by Gasteiger charge is -2.31. The van der Waals surface area contributed by atoms with E-state index in [2.05, 4.69) is 46.2 Å². The molecule has 0 radical (unpaired) electrons.